The van der Waals surface area contributed by atoms with Crippen LogP contribution in [0.4, 0.5) is 21.8 Å². The molecule has 2 heterocycles. The van der Waals surface area contributed by atoms with Gasteiger partial charge in [0, 0.05) is 11.7 Å². The van der Waals surface area contributed by atoms with Gasteiger partial charge in [-0.1, -0.05) is 18.2 Å². The van der Waals surface area contributed by atoms with Crippen LogP contribution < -0.4 is 16.4 Å². The second kappa shape index (κ2) is 6.54. The van der Waals surface area contributed by atoms with Crippen molar-refractivity contribution in [3.05, 3.63) is 48.1 Å². The van der Waals surface area contributed by atoms with Crippen LogP contribution >= 0.6 is 0 Å². The van der Waals surface area contributed by atoms with Crippen LogP contribution in [0.5, 0.6) is 0 Å². The lowest BCUT2D eigenvalue weighted by atomic mass is 9.88. The summed E-state index contributed by atoms with van der Waals surface area (Å²) >= 11 is 0. The first-order valence-electron chi connectivity index (χ1n) is 9.47. The summed E-state index contributed by atoms with van der Waals surface area (Å²) in [6.07, 6.45) is 6.54. The van der Waals surface area contributed by atoms with E-state index in [1.54, 1.807) is 19.1 Å². The molecule has 1 fully saturated rings. The number of amides is 1. The van der Waals surface area contributed by atoms with Crippen molar-refractivity contribution in [3.63, 3.8) is 0 Å². The van der Waals surface area contributed by atoms with E-state index in [4.69, 9.17) is 5.73 Å². The summed E-state index contributed by atoms with van der Waals surface area (Å²) in [6, 6.07) is 4.73. The van der Waals surface area contributed by atoms with Crippen LogP contribution in [-0.4, -0.2) is 31.9 Å². The summed E-state index contributed by atoms with van der Waals surface area (Å²) in [7, 11) is 0. The Hall–Kier alpha value is -3.49. The maximum Gasteiger partial charge on any atom is 0.223 e. The molecule has 9 heteroatoms. The van der Waals surface area contributed by atoms with E-state index in [1.807, 2.05) is 0 Å². The van der Waals surface area contributed by atoms with Crippen molar-refractivity contribution in [3.8, 4) is 11.5 Å². The molecular formula is C20H20FN7O. The number of aryl methyl sites for hydroxylation is 1. The zero-order chi connectivity index (χ0) is 20.1. The predicted molar refractivity (Wildman–Crippen MR) is 106 cm³/mol. The lowest BCUT2D eigenvalue weighted by molar-refractivity contribution is -0.122. The molecular weight excluding hydrogens is 373 g/mol. The van der Waals surface area contributed by atoms with Crippen molar-refractivity contribution >= 4 is 23.4 Å². The molecule has 1 aromatic rings. The van der Waals surface area contributed by atoms with Crippen LogP contribution in [0, 0.1) is 30.5 Å². The fourth-order valence-corrected chi connectivity index (χ4v) is 4.37. The molecule has 29 heavy (non-hydrogen) atoms. The number of primary amides is 1. The highest BCUT2D eigenvalue weighted by atomic mass is 19.1. The van der Waals surface area contributed by atoms with Crippen molar-refractivity contribution in [2.75, 3.05) is 10.6 Å². The third-order valence-corrected chi connectivity index (χ3v) is 5.81. The summed E-state index contributed by atoms with van der Waals surface area (Å²) in [5.41, 5.74) is 7.36. The van der Waals surface area contributed by atoms with E-state index in [0.29, 0.717) is 34.5 Å². The number of nitrogens with one attached hydrogen (secondary N) is 3. The monoisotopic (exact) mass is 393 g/mol. The third-order valence-electron chi connectivity index (χ3n) is 5.81. The van der Waals surface area contributed by atoms with Gasteiger partial charge in [-0.25, -0.2) is 14.4 Å². The van der Waals surface area contributed by atoms with Gasteiger partial charge >= 0.3 is 0 Å². The first-order chi connectivity index (χ1) is 14.0. The third kappa shape index (κ3) is 2.98. The molecule has 2 bridgehead atoms. The van der Waals surface area contributed by atoms with E-state index in [-0.39, 0.29) is 35.5 Å². The van der Waals surface area contributed by atoms with Crippen LogP contribution in [0.25, 0.3) is 11.5 Å². The number of nitrogens with two attached hydrogens (primary N) is 1. The molecule has 0 radical (unpaired) electrons. The standard InChI is InChI=1S/C20H20FN7O/c1-9-2-5-12(7-13(9)21)25-20-27-18-16(23-8-24-18)19(28-20)26-15-11-4-3-10(6-11)14(15)17(22)29/h2-5,7-8,10-11,14-15H,6H2,1H3,(H2,22,29)(H3,23,24,25,26,27,28). The molecule has 4 aliphatic rings. The minimum atomic E-state index is -0.313. The second-order valence-corrected chi connectivity index (χ2v) is 7.64. The molecule has 148 valence electrons. The summed E-state index contributed by atoms with van der Waals surface area (Å²) in [6.45, 7) is 1.70. The fraction of sp³-hybridized carbons (Fsp3) is 0.300. The number of H-pyrrole nitrogens is 1. The largest absolute Gasteiger partial charge is 0.369 e. The van der Waals surface area contributed by atoms with Gasteiger partial charge in [0.15, 0.2) is 5.82 Å². The molecule has 2 aliphatic carbocycles. The van der Waals surface area contributed by atoms with Gasteiger partial charge in [0.25, 0.3) is 0 Å². The minimum absolute atomic E-state index is 0.134. The van der Waals surface area contributed by atoms with Crippen LogP contribution in [0.3, 0.4) is 0 Å². The highest BCUT2D eigenvalue weighted by Gasteiger charge is 2.47. The number of carbonyl (C=O) groups excluding carboxylic acids is 1. The van der Waals surface area contributed by atoms with E-state index in [9.17, 15) is 9.18 Å². The number of halogens is 1. The number of carbonyl (C=O) groups is 1. The van der Waals surface area contributed by atoms with Crippen molar-refractivity contribution in [1.29, 1.82) is 0 Å². The summed E-state index contributed by atoms with van der Waals surface area (Å²) in [5, 5.41) is 6.48. The van der Waals surface area contributed by atoms with E-state index in [1.165, 1.54) is 12.4 Å². The minimum Gasteiger partial charge on any atom is -0.369 e. The van der Waals surface area contributed by atoms with Gasteiger partial charge in [0.1, 0.15) is 23.7 Å². The molecule has 4 atom stereocenters. The first kappa shape index (κ1) is 17.6. The maximum atomic E-state index is 13.9. The van der Waals surface area contributed by atoms with Crippen LogP contribution in [-0.2, 0) is 4.79 Å². The van der Waals surface area contributed by atoms with Gasteiger partial charge in [-0.05, 0) is 42.9 Å². The van der Waals surface area contributed by atoms with Crippen molar-refractivity contribution in [2.24, 2.45) is 23.5 Å². The van der Waals surface area contributed by atoms with Crippen LogP contribution in [0.15, 0.2) is 36.7 Å². The number of anilines is 3. The van der Waals surface area contributed by atoms with Crippen molar-refractivity contribution in [2.45, 2.75) is 19.4 Å². The number of aromatic amines is 1. The number of hydrogen-bond donors (Lipinski definition) is 4. The van der Waals surface area contributed by atoms with Gasteiger partial charge in [-0.3, -0.25) is 4.79 Å². The predicted octanol–water partition coefficient (Wildman–Crippen LogP) is 2.58. The average molecular weight is 393 g/mol. The second-order valence-electron chi connectivity index (χ2n) is 7.64. The van der Waals surface area contributed by atoms with E-state index in [2.05, 4.69) is 42.7 Å². The zero-order valence-corrected chi connectivity index (χ0v) is 15.7. The number of allylic oxidation sites excluding steroid dienone is 1. The number of fused-ring (bicyclic) bond motifs is 3. The number of hydrogen-bond acceptors (Lipinski definition) is 6. The normalized spacial score (nSPS) is 24.9. The number of imidazole rings is 1. The highest BCUT2D eigenvalue weighted by Crippen LogP contribution is 2.45. The van der Waals surface area contributed by atoms with Gasteiger partial charge in [0.2, 0.25) is 11.9 Å². The Morgan fingerprint density at radius 2 is 2.10 bits per heavy atom. The van der Waals surface area contributed by atoms with Crippen LogP contribution in [0.2, 0.25) is 0 Å². The Bertz CT molecular complexity index is 1090. The Kier molecular flexibility index (Phi) is 3.97. The molecule has 0 saturated heterocycles. The SMILES string of the molecule is Cc1ccc(Nc2nc3ncnc-3c(NC3C4C=CC(C4)C3C(N)=O)[nH]2)cc1F. The maximum absolute atomic E-state index is 13.9. The molecule has 1 aromatic carbocycles. The Morgan fingerprint density at radius 3 is 2.90 bits per heavy atom. The lowest BCUT2D eigenvalue weighted by Crippen LogP contribution is -2.41. The van der Waals surface area contributed by atoms with Gasteiger partial charge in [-0.2, -0.15) is 4.98 Å². The van der Waals surface area contributed by atoms with E-state index >= 15 is 0 Å². The van der Waals surface area contributed by atoms with E-state index < -0.39 is 0 Å². The topological polar surface area (TPSA) is 122 Å². The Morgan fingerprint density at radius 1 is 1.28 bits per heavy atom. The molecule has 0 aromatic heterocycles. The quantitative estimate of drug-likeness (QED) is 0.494. The number of rotatable bonds is 5. The smallest absolute Gasteiger partial charge is 0.223 e. The molecule has 8 nitrogen and oxygen atoms in total. The molecule has 5 N–H and O–H groups in total. The summed E-state index contributed by atoms with van der Waals surface area (Å²) < 4.78 is 13.9. The average Bonchev–Trinajstić information content (AvgIpc) is 3.40. The molecule has 1 amide bonds. The van der Waals surface area contributed by atoms with Gasteiger partial charge in [0.05, 0.1) is 5.92 Å². The molecule has 1 saturated carbocycles. The lowest BCUT2D eigenvalue weighted by Gasteiger charge is -2.28. The molecule has 4 unspecified atom stereocenters. The Balaban J connectivity index is 1.48. The van der Waals surface area contributed by atoms with Gasteiger partial charge in [-0.15, -0.1) is 0 Å². The number of aromatic nitrogens is 4. The molecule has 2 aliphatic heterocycles. The van der Waals surface area contributed by atoms with Crippen molar-refractivity contribution < 1.29 is 9.18 Å². The number of benzene rings is 1. The Labute approximate surface area is 166 Å². The van der Waals surface area contributed by atoms with Crippen molar-refractivity contribution in [1.82, 2.24) is 19.9 Å². The number of nitrogens with zero attached hydrogens (tertiary/aromatic N) is 3. The first-order valence-corrected chi connectivity index (χ1v) is 9.47. The molecule has 0 spiro atoms. The summed E-state index contributed by atoms with van der Waals surface area (Å²) in [4.78, 5) is 28.1. The highest BCUT2D eigenvalue weighted by molar-refractivity contribution is 5.80. The summed E-state index contributed by atoms with van der Waals surface area (Å²) in [5.74, 6) is 0.902. The fourth-order valence-electron chi connectivity index (χ4n) is 4.37. The zero-order valence-electron chi connectivity index (χ0n) is 15.7. The van der Waals surface area contributed by atoms with Gasteiger partial charge < -0.3 is 21.4 Å². The molecule has 5 rings (SSSR count). The van der Waals surface area contributed by atoms with E-state index in [0.717, 1.165) is 6.42 Å². The van der Waals surface area contributed by atoms with Crippen LogP contribution in [0.1, 0.15) is 12.0 Å².